The van der Waals surface area contributed by atoms with Crippen molar-refractivity contribution in [1.82, 2.24) is 4.98 Å². The monoisotopic (exact) mass is 784 g/mol. The van der Waals surface area contributed by atoms with Crippen LogP contribution in [0.15, 0.2) is 12.4 Å². The van der Waals surface area contributed by atoms with Crippen molar-refractivity contribution < 1.29 is 4.57 Å². The van der Waals surface area contributed by atoms with Crippen molar-refractivity contribution in [3.05, 3.63) is 18.2 Å². The molecule has 1 N–H and O–H groups in total. The summed E-state index contributed by atoms with van der Waals surface area (Å²) in [5, 5.41) is 0. The molecule has 2 nitrogen and oxygen atoms in total. The molecule has 0 aliphatic heterocycles. The van der Waals surface area contributed by atoms with Gasteiger partial charge in [-0.1, -0.05) is 284 Å². The Morgan fingerprint density at radius 2 is 0.571 bits per heavy atom. The molecular formula is C54H107N2+. The minimum atomic E-state index is 0.615. The summed E-state index contributed by atoms with van der Waals surface area (Å²) in [5.41, 5.74) is 0. The van der Waals surface area contributed by atoms with Crippen molar-refractivity contribution in [2.45, 2.75) is 329 Å². The van der Waals surface area contributed by atoms with E-state index in [0.29, 0.717) is 12.0 Å². The van der Waals surface area contributed by atoms with E-state index in [2.05, 4.69) is 49.6 Å². The molecule has 0 radical (unpaired) electrons. The van der Waals surface area contributed by atoms with Crippen molar-refractivity contribution >= 4 is 0 Å². The van der Waals surface area contributed by atoms with Gasteiger partial charge in [-0.05, 0) is 32.6 Å². The quantitative estimate of drug-likeness (QED) is 0.0502. The Bertz CT molecular complexity index is 858. The van der Waals surface area contributed by atoms with Crippen LogP contribution in [0, 0.1) is 0 Å². The smallest absolute Gasteiger partial charge is 0.247 e. The molecule has 0 fully saturated rings. The van der Waals surface area contributed by atoms with Crippen LogP contribution in [0.2, 0.25) is 0 Å². The number of aromatic amines is 1. The predicted molar refractivity (Wildman–Crippen MR) is 253 cm³/mol. The Hall–Kier alpha value is -0.790. The first kappa shape index (κ1) is 53.2. The molecule has 0 saturated heterocycles. The number of hydrogen-bond acceptors (Lipinski definition) is 0. The van der Waals surface area contributed by atoms with Gasteiger partial charge in [-0.2, -0.15) is 0 Å². The fourth-order valence-electron chi connectivity index (χ4n) is 9.43. The van der Waals surface area contributed by atoms with Crippen molar-refractivity contribution in [2.75, 3.05) is 0 Å². The van der Waals surface area contributed by atoms with Gasteiger partial charge in [0, 0.05) is 0 Å². The number of unbranched alkanes of at least 4 members (excludes halogenated alkanes) is 39. The van der Waals surface area contributed by atoms with Crippen molar-refractivity contribution in [2.24, 2.45) is 0 Å². The fraction of sp³-hybridized carbons (Fsp3) is 0.944. The number of nitrogens with one attached hydrogen (secondary N) is 1. The highest BCUT2D eigenvalue weighted by Gasteiger charge is 2.25. The molecule has 0 spiro atoms. The van der Waals surface area contributed by atoms with Gasteiger partial charge in [0.15, 0.2) is 0 Å². The van der Waals surface area contributed by atoms with Gasteiger partial charge in [0.25, 0.3) is 5.82 Å². The molecule has 1 aromatic heterocycles. The molecule has 1 aromatic rings. The predicted octanol–water partition coefficient (Wildman–Crippen LogP) is 19.6. The van der Waals surface area contributed by atoms with Crippen LogP contribution in [-0.2, 0) is 0 Å². The third-order valence-corrected chi connectivity index (χ3v) is 13.4. The largest absolute Gasteiger partial charge is 0.257 e. The Morgan fingerprint density at radius 3 is 0.839 bits per heavy atom. The summed E-state index contributed by atoms with van der Waals surface area (Å²) in [7, 11) is 0. The van der Waals surface area contributed by atoms with Crippen LogP contribution in [0.4, 0.5) is 0 Å². The molecule has 2 atom stereocenters. The lowest BCUT2D eigenvalue weighted by molar-refractivity contribution is -0.727. The number of H-pyrrole nitrogens is 1. The average Bonchev–Trinajstić information content (AvgIpc) is 3.70. The first-order valence-electron chi connectivity index (χ1n) is 26.8. The summed E-state index contributed by atoms with van der Waals surface area (Å²) in [4.78, 5) is 3.80. The zero-order valence-electron chi connectivity index (χ0n) is 39.6. The van der Waals surface area contributed by atoms with Crippen LogP contribution in [-0.4, -0.2) is 4.98 Å². The van der Waals surface area contributed by atoms with Gasteiger partial charge in [-0.25, -0.2) is 9.55 Å². The van der Waals surface area contributed by atoms with Crippen LogP contribution in [0.5, 0.6) is 0 Å². The maximum absolute atomic E-state index is 3.80. The maximum Gasteiger partial charge on any atom is 0.257 e. The Morgan fingerprint density at radius 1 is 0.339 bits per heavy atom. The average molecular weight is 784 g/mol. The molecule has 1 heterocycles. The lowest BCUT2D eigenvalue weighted by Crippen LogP contribution is -2.41. The van der Waals surface area contributed by atoms with Crippen molar-refractivity contribution in [1.29, 1.82) is 0 Å². The van der Waals surface area contributed by atoms with E-state index in [1.165, 1.54) is 289 Å². The van der Waals surface area contributed by atoms with Gasteiger partial charge in [-0.3, -0.25) is 0 Å². The summed E-state index contributed by atoms with van der Waals surface area (Å²) in [6.07, 6.45) is 69.5. The Balaban J connectivity index is 2.35. The van der Waals surface area contributed by atoms with E-state index in [0.717, 1.165) is 0 Å². The molecule has 0 saturated carbocycles. The lowest BCUT2D eigenvalue weighted by Gasteiger charge is -2.17. The second-order valence-electron chi connectivity index (χ2n) is 19.0. The molecule has 0 aromatic carbocycles. The van der Waals surface area contributed by atoms with E-state index in [1.807, 2.05) is 0 Å². The molecule has 0 amide bonds. The van der Waals surface area contributed by atoms with Gasteiger partial charge < -0.3 is 0 Å². The first-order valence-corrected chi connectivity index (χ1v) is 26.8. The van der Waals surface area contributed by atoms with Crippen LogP contribution in [0.3, 0.4) is 0 Å². The third kappa shape index (κ3) is 34.1. The van der Waals surface area contributed by atoms with E-state index in [1.54, 1.807) is 5.82 Å². The third-order valence-electron chi connectivity index (χ3n) is 13.4. The molecule has 0 aliphatic carbocycles. The first-order chi connectivity index (χ1) is 27.7. The minimum absolute atomic E-state index is 0.615. The molecule has 0 aliphatic rings. The van der Waals surface area contributed by atoms with E-state index in [-0.39, 0.29) is 0 Å². The number of aromatic nitrogens is 2. The highest BCUT2D eigenvalue weighted by Crippen LogP contribution is 2.28. The highest BCUT2D eigenvalue weighted by molar-refractivity contribution is 4.90. The summed E-state index contributed by atoms with van der Waals surface area (Å²) in [5.74, 6) is 2.26. The number of imidazole rings is 1. The minimum Gasteiger partial charge on any atom is -0.247 e. The molecule has 0 bridgehead atoms. The zero-order valence-corrected chi connectivity index (χ0v) is 39.6. The maximum atomic E-state index is 3.80. The topological polar surface area (TPSA) is 19.7 Å². The van der Waals surface area contributed by atoms with Crippen LogP contribution in [0.1, 0.15) is 334 Å². The second-order valence-corrected chi connectivity index (χ2v) is 19.0. The highest BCUT2D eigenvalue weighted by atomic mass is 15.1. The normalized spacial score (nSPS) is 12.9. The van der Waals surface area contributed by atoms with Crippen molar-refractivity contribution in [3.8, 4) is 0 Å². The van der Waals surface area contributed by atoms with Gasteiger partial charge in [-0.15, -0.1) is 0 Å². The van der Waals surface area contributed by atoms with Gasteiger partial charge >= 0.3 is 0 Å². The summed E-state index contributed by atoms with van der Waals surface area (Å²) < 4.78 is 2.67. The Labute approximate surface area is 355 Å². The summed E-state index contributed by atoms with van der Waals surface area (Å²) in [6.45, 7) is 9.45. The van der Waals surface area contributed by atoms with Crippen LogP contribution >= 0.6 is 0 Å². The zero-order chi connectivity index (χ0) is 40.3. The standard InChI is InChI=1S/C54H106N2/c1-5-8-11-14-17-20-23-26-28-31-34-37-40-43-46-49-53(48-45-42-39-36-33-30-27-24-21-18-15-12-9-6-2)54-55-50-51-56(54)52(4)47-44-41-38-35-32-29-25-22-19-16-13-10-7-3/h50-53H,5-49H2,1-4H3/p+1. The molecule has 332 valence electrons. The number of hydrogen-bond donors (Lipinski definition) is 1. The summed E-state index contributed by atoms with van der Waals surface area (Å²) >= 11 is 0. The molecule has 56 heavy (non-hydrogen) atoms. The lowest BCUT2D eigenvalue weighted by atomic mass is 9.92. The number of rotatable bonds is 47. The van der Waals surface area contributed by atoms with E-state index >= 15 is 0 Å². The number of nitrogens with zero attached hydrogens (tertiary/aromatic N) is 1. The van der Waals surface area contributed by atoms with E-state index in [9.17, 15) is 0 Å². The van der Waals surface area contributed by atoms with Gasteiger partial charge in [0.2, 0.25) is 0 Å². The van der Waals surface area contributed by atoms with Crippen LogP contribution in [0.25, 0.3) is 0 Å². The second kappa shape index (κ2) is 43.8. The van der Waals surface area contributed by atoms with Crippen molar-refractivity contribution in [3.63, 3.8) is 0 Å². The Kier molecular flexibility index (Phi) is 41.6. The van der Waals surface area contributed by atoms with Gasteiger partial charge in [0.05, 0.1) is 12.0 Å². The molecule has 1 rings (SSSR count). The SMILES string of the molecule is CCCCCCCCCCCCCCCCCC(CCCCCCCCCCCCCCCC)c1[nH]cc[n+]1C(C)CCCCCCCCCCCCCCC. The van der Waals surface area contributed by atoms with Gasteiger partial charge in [0.1, 0.15) is 12.4 Å². The fourth-order valence-corrected chi connectivity index (χ4v) is 9.43. The van der Waals surface area contributed by atoms with E-state index in [4.69, 9.17) is 0 Å². The molecule has 2 unspecified atom stereocenters. The molecule has 2 heteroatoms. The van der Waals surface area contributed by atoms with Crippen LogP contribution < -0.4 is 4.57 Å². The van der Waals surface area contributed by atoms with E-state index < -0.39 is 0 Å². The molecular weight excluding hydrogens is 677 g/mol. The summed E-state index contributed by atoms with van der Waals surface area (Å²) in [6, 6.07) is 0.615.